The Morgan fingerprint density at radius 3 is 2.28 bits per heavy atom. The van der Waals surface area contributed by atoms with Crippen molar-refractivity contribution in [3.8, 4) is 0 Å². The van der Waals surface area contributed by atoms with Crippen molar-refractivity contribution in [3.63, 3.8) is 0 Å². The predicted octanol–water partition coefficient (Wildman–Crippen LogP) is 5.26. The number of alkyl halides is 3. The largest absolute Gasteiger partial charge is 0.416 e. The number of halogens is 3. The smallest absolute Gasteiger partial charge is 0.166 e. The molecular formula is C15H19F3. The normalized spacial score (nSPS) is 13.3. The molecule has 0 fully saturated rings. The average molecular weight is 256 g/mol. The van der Waals surface area contributed by atoms with Gasteiger partial charge in [0.15, 0.2) is 0 Å². The SMILES string of the molecule is CC=CCC(C)(C)c1cc(C(F)(F)F)ccc1C. The predicted molar refractivity (Wildman–Crippen MR) is 68.6 cm³/mol. The van der Waals surface area contributed by atoms with E-state index in [-0.39, 0.29) is 5.41 Å². The van der Waals surface area contributed by atoms with Gasteiger partial charge in [0.05, 0.1) is 5.56 Å². The third-order valence-electron chi connectivity index (χ3n) is 3.16. The number of benzene rings is 1. The zero-order chi connectivity index (χ0) is 14.0. The number of hydrogen-bond acceptors (Lipinski definition) is 0. The van der Waals surface area contributed by atoms with Crippen molar-refractivity contribution in [3.05, 3.63) is 47.0 Å². The standard InChI is InChI=1S/C15H19F3/c1-5-6-9-14(3,4)13-10-12(15(16,17)18)8-7-11(13)2/h5-8,10H,9H2,1-4H3. The molecule has 0 radical (unpaired) electrons. The van der Waals surface area contributed by atoms with Gasteiger partial charge in [-0.2, -0.15) is 13.2 Å². The molecule has 3 heteroatoms. The lowest BCUT2D eigenvalue weighted by molar-refractivity contribution is -0.137. The summed E-state index contributed by atoms with van der Waals surface area (Å²) in [4.78, 5) is 0. The zero-order valence-electron chi connectivity index (χ0n) is 11.2. The van der Waals surface area contributed by atoms with Crippen molar-refractivity contribution >= 4 is 0 Å². The third-order valence-corrected chi connectivity index (χ3v) is 3.16. The van der Waals surface area contributed by atoms with Crippen LogP contribution in [0.25, 0.3) is 0 Å². The molecule has 0 N–H and O–H groups in total. The molecule has 0 saturated heterocycles. The van der Waals surface area contributed by atoms with Crippen LogP contribution < -0.4 is 0 Å². The molecule has 0 saturated carbocycles. The highest BCUT2D eigenvalue weighted by Gasteiger charge is 2.32. The Bertz CT molecular complexity index is 440. The number of hydrogen-bond donors (Lipinski definition) is 0. The average Bonchev–Trinajstić information content (AvgIpc) is 2.25. The molecule has 0 atom stereocenters. The topological polar surface area (TPSA) is 0 Å². The molecule has 0 aliphatic heterocycles. The maximum atomic E-state index is 12.7. The number of rotatable bonds is 3. The van der Waals surface area contributed by atoms with Gasteiger partial charge in [0.1, 0.15) is 0 Å². The lowest BCUT2D eigenvalue weighted by atomic mass is 9.78. The minimum atomic E-state index is -4.28. The molecule has 0 amide bonds. The van der Waals surface area contributed by atoms with Crippen LogP contribution in [-0.2, 0) is 11.6 Å². The Balaban J connectivity index is 3.23. The van der Waals surface area contributed by atoms with Crippen molar-refractivity contribution < 1.29 is 13.2 Å². The van der Waals surface area contributed by atoms with Crippen LogP contribution in [-0.4, -0.2) is 0 Å². The van der Waals surface area contributed by atoms with Crippen LogP contribution in [0.5, 0.6) is 0 Å². The van der Waals surface area contributed by atoms with E-state index in [0.29, 0.717) is 0 Å². The summed E-state index contributed by atoms with van der Waals surface area (Å²) in [5.41, 5.74) is 0.794. The van der Waals surface area contributed by atoms with Crippen LogP contribution in [0.2, 0.25) is 0 Å². The molecule has 0 spiro atoms. The second kappa shape index (κ2) is 5.17. The van der Waals surface area contributed by atoms with Gasteiger partial charge < -0.3 is 0 Å². The fourth-order valence-corrected chi connectivity index (χ4v) is 2.05. The quantitative estimate of drug-likeness (QED) is 0.647. The maximum absolute atomic E-state index is 12.7. The van der Waals surface area contributed by atoms with Crippen molar-refractivity contribution in [2.24, 2.45) is 0 Å². The Morgan fingerprint density at radius 2 is 1.78 bits per heavy atom. The highest BCUT2D eigenvalue weighted by Crippen LogP contribution is 2.36. The monoisotopic (exact) mass is 256 g/mol. The fraction of sp³-hybridized carbons (Fsp3) is 0.467. The van der Waals surface area contributed by atoms with Gasteiger partial charge in [-0.25, -0.2) is 0 Å². The van der Waals surface area contributed by atoms with Gasteiger partial charge in [-0.05, 0) is 48.9 Å². The van der Waals surface area contributed by atoms with Crippen LogP contribution in [0, 0.1) is 6.92 Å². The van der Waals surface area contributed by atoms with E-state index in [1.807, 2.05) is 39.8 Å². The van der Waals surface area contributed by atoms with Gasteiger partial charge in [0.25, 0.3) is 0 Å². The summed E-state index contributed by atoms with van der Waals surface area (Å²) in [6.07, 6.45) is 0.356. The summed E-state index contributed by atoms with van der Waals surface area (Å²) in [7, 11) is 0. The van der Waals surface area contributed by atoms with Crippen LogP contribution in [0.1, 0.15) is 43.9 Å². The molecule has 0 nitrogen and oxygen atoms in total. The van der Waals surface area contributed by atoms with E-state index >= 15 is 0 Å². The Hall–Kier alpha value is -1.25. The molecule has 0 aliphatic rings. The lowest BCUT2D eigenvalue weighted by Gasteiger charge is -2.27. The second-order valence-corrected chi connectivity index (χ2v) is 5.18. The number of allylic oxidation sites excluding steroid dienone is 2. The highest BCUT2D eigenvalue weighted by atomic mass is 19.4. The summed E-state index contributed by atoms with van der Waals surface area (Å²) >= 11 is 0. The van der Waals surface area contributed by atoms with Crippen LogP contribution >= 0.6 is 0 Å². The molecular weight excluding hydrogens is 237 g/mol. The minimum Gasteiger partial charge on any atom is -0.166 e. The summed E-state index contributed by atoms with van der Waals surface area (Å²) in [5.74, 6) is 0. The third kappa shape index (κ3) is 3.37. The van der Waals surface area contributed by atoms with Crippen LogP contribution in [0.15, 0.2) is 30.4 Å². The summed E-state index contributed by atoms with van der Waals surface area (Å²) < 4.78 is 38.2. The van der Waals surface area contributed by atoms with Crippen LogP contribution in [0.4, 0.5) is 13.2 Å². The van der Waals surface area contributed by atoms with Crippen molar-refractivity contribution in [2.45, 2.75) is 45.7 Å². The molecule has 0 heterocycles. The zero-order valence-corrected chi connectivity index (χ0v) is 11.2. The molecule has 0 aliphatic carbocycles. The molecule has 0 aromatic heterocycles. The first-order valence-corrected chi connectivity index (χ1v) is 5.98. The Kier molecular flexibility index (Phi) is 4.25. The van der Waals surface area contributed by atoms with Gasteiger partial charge in [-0.3, -0.25) is 0 Å². The molecule has 100 valence electrons. The first-order valence-electron chi connectivity index (χ1n) is 5.98. The molecule has 1 aromatic rings. The highest BCUT2D eigenvalue weighted by molar-refractivity contribution is 5.37. The maximum Gasteiger partial charge on any atom is 0.416 e. The summed E-state index contributed by atoms with van der Waals surface area (Å²) in [6.45, 7) is 7.70. The van der Waals surface area contributed by atoms with Gasteiger partial charge >= 0.3 is 6.18 Å². The minimum absolute atomic E-state index is 0.294. The fourth-order valence-electron chi connectivity index (χ4n) is 2.05. The van der Waals surface area contributed by atoms with Crippen molar-refractivity contribution in [1.82, 2.24) is 0 Å². The first kappa shape index (κ1) is 14.8. The first-order chi connectivity index (χ1) is 8.18. The van der Waals surface area contributed by atoms with E-state index in [9.17, 15) is 13.2 Å². The summed E-state index contributed by atoms with van der Waals surface area (Å²) in [5, 5.41) is 0. The van der Waals surface area contributed by atoms with E-state index in [1.54, 1.807) is 6.07 Å². The Labute approximate surface area is 107 Å². The number of aryl methyl sites for hydroxylation is 1. The van der Waals surface area contributed by atoms with Gasteiger partial charge in [-0.1, -0.05) is 32.1 Å². The van der Waals surface area contributed by atoms with Crippen molar-refractivity contribution in [2.75, 3.05) is 0 Å². The van der Waals surface area contributed by atoms with E-state index in [1.165, 1.54) is 6.07 Å². The van der Waals surface area contributed by atoms with Gasteiger partial charge in [-0.15, -0.1) is 0 Å². The van der Waals surface area contributed by atoms with E-state index in [2.05, 4.69) is 0 Å². The summed E-state index contributed by atoms with van der Waals surface area (Å²) in [6, 6.07) is 3.97. The molecule has 0 unspecified atom stereocenters. The molecule has 0 bridgehead atoms. The van der Waals surface area contributed by atoms with E-state index in [0.717, 1.165) is 23.6 Å². The van der Waals surface area contributed by atoms with Gasteiger partial charge in [0, 0.05) is 0 Å². The second-order valence-electron chi connectivity index (χ2n) is 5.18. The lowest BCUT2D eigenvalue weighted by Crippen LogP contribution is -2.19. The van der Waals surface area contributed by atoms with Gasteiger partial charge in [0.2, 0.25) is 0 Å². The molecule has 18 heavy (non-hydrogen) atoms. The van der Waals surface area contributed by atoms with Crippen LogP contribution in [0.3, 0.4) is 0 Å². The molecule has 1 aromatic carbocycles. The van der Waals surface area contributed by atoms with E-state index < -0.39 is 11.7 Å². The van der Waals surface area contributed by atoms with Crippen molar-refractivity contribution in [1.29, 1.82) is 0 Å². The van der Waals surface area contributed by atoms with E-state index in [4.69, 9.17) is 0 Å². The Morgan fingerprint density at radius 1 is 1.17 bits per heavy atom. The molecule has 1 rings (SSSR count).